The highest BCUT2D eigenvalue weighted by Gasteiger charge is 2.26. The van der Waals surface area contributed by atoms with Gasteiger partial charge in [-0.3, -0.25) is 0 Å². The van der Waals surface area contributed by atoms with Crippen molar-refractivity contribution in [1.82, 2.24) is 13.7 Å². The topological polar surface area (TPSA) is 14.8 Å². The maximum absolute atomic E-state index is 2.57. The number of aryl methyl sites for hydroxylation is 9. The molecule has 3 aromatic heterocycles. The molecule has 12 rings (SSSR count). The van der Waals surface area contributed by atoms with Crippen LogP contribution in [0.4, 0.5) is 0 Å². The van der Waals surface area contributed by atoms with Crippen LogP contribution in [0.15, 0.2) is 109 Å². The molecule has 0 aliphatic rings. The van der Waals surface area contributed by atoms with Gasteiger partial charge in [0.25, 0.3) is 0 Å². The summed E-state index contributed by atoms with van der Waals surface area (Å²) in [6, 6.07) is 41.8. The zero-order valence-electron chi connectivity index (χ0n) is 46.7. The molecule has 0 spiro atoms. The third-order valence-electron chi connectivity index (χ3n) is 19.0. The van der Waals surface area contributed by atoms with E-state index in [0.717, 1.165) is 0 Å². The predicted molar refractivity (Wildman–Crippen MR) is 321 cm³/mol. The predicted octanol–water partition coefficient (Wildman–Crippen LogP) is 19.6. The molecule has 9 aromatic carbocycles. The molecule has 0 saturated heterocycles. The minimum absolute atomic E-state index is 1.17. The highest BCUT2D eigenvalue weighted by molar-refractivity contribution is 6.17. The molecule has 12 aromatic rings. The number of hydrogen-bond acceptors (Lipinski definition) is 0. The quantitative estimate of drug-likeness (QED) is 0.163. The second-order valence-corrected chi connectivity index (χ2v) is 22.3. The summed E-state index contributed by atoms with van der Waals surface area (Å²) < 4.78 is 7.58. The minimum Gasteiger partial charge on any atom is -0.309 e. The second kappa shape index (κ2) is 16.7. The van der Waals surface area contributed by atoms with Crippen molar-refractivity contribution in [3.05, 3.63) is 204 Å². The van der Waals surface area contributed by atoms with Crippen LogP contribution in [-0.2, 0) is 0 Å². The van der Waals surface area contributed by atoms with Crippen molar-refractivity contribution < 1.29 is 0 Å². The van der Waals surface area contributed by atoms with E-state index in [1.807, 2.05) is 0 Å². The number of aromatic nitrogens is 3. The first-order chi connectivity index (χ1) is 35.3. The van der Waals surface area contributed by atoms with Crippen molar-refractivity contribution in [3.8, 4) is 39.3 Å². The highest BCUT2D eigenvalue weighted by Crippen LogP contribution is 2.46. The lowest BCUT2D eigenvalue weighted by Gasteiger charge is -2.16. The van der Waals surface area contributed by atoms with E-state index in [9.17, 15) is 0 Å². The molecule has 74 heavy (non-hydrogen) atoms. The van der Waals surface area contributed by atoms with E-state index >= 15 is 0 Å². The summed E-state index contributed by atoms with van der Waals surface area (Å²) in [5.74, 6) is 0. The maximum Gasteiger partial charge on any atom is 0.0575 e. The van der Waals surface area contributed by atoms with E-state index in [1.165, 1.54) is 199 Å². The third kappa shape index (κ3) is 6.44. The fraction of sp³-hybridized carbons (Fsp3) is 0.239. The summed E-state index contributed by atoms with van der Waals surface area (Å²) in [5.41, 5.74) is 39.4. The normalized spacial score (nSPS) is 12.1. The Labute approximate surface area is 437 Å². The largest absolute Gasteiger partial charge is 0.309 e. The standard InChI is InChI=1S/C71H69N3/c1-36-18-26-57(27-19-36)72-62-32-24-55(53-20-28-58(29-21-53)73-68-49(14)41(6)37(2)45(10)64(68)65-46(11)38(3)42(7)50(15)69(65)73)34-60(62)61-35-56(25-33-63(61)72)54-22-30-59(31-23-54)74-70-51(16)43(8)39(4)47(12)66(70)67-48(13)40(5)44(9)52(17)71(67)74/h18-35H,1-17H3. The lowest BCUT2D eigenvalue weighted by atomic mass is 9.90. The average Bonchev–Trinajstić information content (AvgIpc) is 4.08. The Balaban J connectivity index is 1.01. The van der Waals surface area contributed by atoms with E-state index < -0.39 is 0 Å². The fourth-order valence-electron chi connectivity index (χ4n) is 13.2. The van der Waals surface area contributed by atoms with Crippen LogP contribution >= 0.6 is 0 Å². The monoisotopic (exact) mass is 964 g/mol. The molecule has 0 N–H and O–H groups in total. The lowest BCUT2D eigenvalue weighted by molar-refractivity contribution is 1.13. The zero-order valence-corrected chi connectivity index (χ0v) is 46.7. The lowest BCUT2D eigenvalue weighted by Crippen LogP contribution is -2.01. The first-order valence-electron chi connectivity index (χ1n) is 26.7. The summed E-state index contributed by atoms with van der Waals surface area (Å²) in [5, 5.41) is 8.08. The summed E-state index contributed by atoms with van der Waals surface area (Å²) in [7, 11) is 0. The molecular formula is C71H69N3. The van der Waals surface area contributed by atoms with Crippen LogP contribution in [0.2, 0.25) is 0 Å². The Morgan fingerprint density at radius 3 is 0.757 bits per heavy atom. The van der Waals surface area contributed by atoms with Gasteiger partial charge in [-0.05, 0) is 290 Å². The molecule has 0 aliphatic heterocycles. The van der Waals surface area contributed by atoms with Gasteiger partial charge in [0.15, 0.2) is 0 Å². The van der Waals surface area contributed by atoms with Gasteiger partial charge in [0.05, 0.1) is 33.1 Å². The van der Waals surface area contributed by atoms with Gasteiger partial charge in [-0.1, -0.05) is 54.1 Å². The number of benzene rings is 9. The van der Waals surface area contributed by atoms with E-state index in [2.05, 4.69) is 241 Å². The molecule has 0 bridgehead atoms. The van der Waals surface area contributed by atoms with E-state index in [4.69, 9.17) is 0 Å². The first-order valence-corrected chi connectivity index (χ1v) is 26.7. The van der Waals surface area contributed by atoms with Gasteiger partial charge in [0, 0.05) is 49.4 Å². The molecule has 0 radical (unpaired) electrons. The van der Waals surface area contributed by atoms with Crippen molar-refractivity contribution >= 4 is 65.4 Å². The molecule has 0 saturated carbocycles. The van der Waals surface area contributed by atoms with Gasteiger partial charge in [0.2, 0.25) is 0 Å². The van der Waals surface area contributed by atoms with Gasteiger partial charge in [-0.15, -0.1) is 0 Å². The molecule has 3 heteroatoms. The molecule has 3 nitrogen and oxygen atoms in total. The first kappa shape index (κ1) is 47.4. The Hall–Kier alpha value is -7.62. The van der Waals surface area contributed by atoms with Crippen molar-refractivity contribution in [2.75, 3.05) is 0 Å². The summed E-state index contributed by atoms with van der Waals surface area (Å²) in [6.45, 7) is 39.1. The van der Waals surface area contributed by atoms with Gasteiger partial charge >= 0.3 is 0 Å². The molecule has 0 fully saturated rings. The highest BCUT2D eigenvalue weighted by atomic mass is 15.0. The van der Waals surface area contributed by atoms with Crippen molar-refractivity contribution in [2.45, 2.75) is 118 Å². The number of rotatable bonds is 5. The molecular weight excluding hydrogens is 895 g/mol. The van der Waals surface area contributed by atoms with E-state index in [-0.39, 0.29) is 0 Å². The molecule has 0 aliphatic carbocycles. The molecule has 0 amide bonds. The van der Waals surface area contributed by atoms with Crippen LogP contribution in [0, 0.1) is 118 Å². The Morgan fingerprint density at radius 1 is 0.216 bits per heavy atom. The summed E-state index contributed by atoms with van der Waals surface area (Å²) in [4.78, 5) is 0. The van der Waals surface area contributed by atoms with Gasteiger partial charge in [-0.25, -0.2) is 0 Å². The van der Waals surface area contributed by atoms with Crippen LogP contribution in [0.5, 0.6) is 0 Å². The molecule has 368 valence electrons. The zero-order chi connectivity index (χ0) is 52.2. The third-order valence-corrected chi connectivity index (χ3v) is 19.0. The Bertz CT molecular complexity index is 4010. The smallest absolute Gasteiger partial charge is 0.0575 e. The number of nitrogens with zero attached hydrogens (tertiary/aromatic N) is 3. The van der Waals surface area contributed by atoms with Crippen LogP contribution < -0.4 is 0 Å². The maximum atomic E-state index is 2.57. The van der Waals surface area contributed by atoms with Gasteiger partial charge in [0.1, 0.15) is 0 Å². The van der Waals surface area contributed by atoms with Gasteiger partial charge < -0.3 is 13.7 Å². The van der Waals surface area contributed by atoms with E-state index in [1.54, 1.807) is 0 Å². The molecule has 0 unspecified atom stereocenters. The van der Waals surface area contributed by atoms with Crippen LogP contribution in [0.1, 0.15) is 94.6 Å². The summed E-state index contributed by atoms with van der Waals surface area (Å²) in [6.07, 6.45) is 0. The van der Waals surface area contributed by atoms with Crippen LogP contribution in [0.3, 0.4) is 0 Å². The van der Waals surface area contributed by atoms with Crippen molar-refractivity contribution in [2.24, 2.45) is 0 Å². The van der Waals surface area contributed by atoms with Crippen molar-refractivity contribution in [1.29, 1.82) is 0 Å². The van der Waals surface area contributed by atoms with Crippen molar-refractivity contribution in [3.63, 3.8) is 0 Å². The van der Waals surface area contributed by atoms with E-state index in [0.29, 0.717) is 0 Å². The van der Waals surface area contributed by atoms with Gasteiger partial charge in [-0.2, -0.15) is 0 Å². The van der Waals surface area contributed by atoms with Crippen LogP contribution in [0.25, 0.3) is 105 Å². The summed E-state index contributed by atoms with van der Waals surface area (Å²) >= 11 is 0. The Kier molecular flexibility index (Phi) is 10.7. The number of hydrogen-bond donors (Lipinski definition) is 0. The Morgan fingerprint density at radius 2 is 0.459 bits per heavy atom. The second-order valence-electron chi connectivity index (χ2n) is 22.3. The minimum atomic E-state index is 1.17. The van der Waals surface area contributed by atoms with Crippen LogP contribution in [-0.4, -0.2) is 13.7 Å². The number of fused-ring (bicyclic) bond motifs is 9. The average molecular weight is 964 g/mol. The molecule has 0 atom stereocenters. The molecule has 3 heterocycles. The SMILES string of the molecule is Cc1ccc(-n2c3ccc(-c4ccc(-n5c6c(C)c(C)c(C)c(C)c6c6c(C)c(C)c(C)c(C)c65)cc4)cc3c3cc(-c4ccc(-n5c6c(C)c(C)c(C)c(C)c6c6c(C)c(C)c(C)c(C)c65)cc4)ccc32)cc1. The fourth-order valence-corrected chi connectivity index (χ4v) is 13.2.